The van der Waals surface area contributed by atoms with Crippen LogP contribution in [0.2, 0.25) is 10.0 Å². The van der Waals surface area contributed by atoms with Gasteiger partial charge in [-0.05, 0) is 31.4 Å². The first-order valence-corrected chi connectivity index (χ1v) is 10.4. The quantitative estimate of drug-likeness (QED) is 0.748. The lowest BCUT2D eigenvalue weighted by molar-refractivity contribution is 0.0996. The van der Waals surface area contributed by atoms with E-state index in [4.69, 9.17) is 34.2 Å². The Bertz CT molecular complexity index is 1070. The van der Waals surface area contributed by atoms with Crippen LogP contribution in [0.1, 0.15) is 41.7 Å². The number of hydrogen-bond acceptors (Lipinski definition) is 4. The maximum Gasteiger partial charge on any atom is 0.318 e. The van der Waals surface area contributed by atoms with Gasteiger partial charge in [0, 0.05) is 12.1 Å². The topological polar surface area (TPSA) is 117 Å². The number of benzene rings is 1. The van der Waals surface area contributed by atoms with Gasteiger partial charge in [0.05, 0.1) is 52.4 Å². The predicted molar refractivity (Wildman–Crippen MR) is 112 cm³/mol. The molecule has 0 atom stereocenters. The highest BCUT2D eigenvalue weighted by Gasteiger charge is 2.40. The second kappa shape index (κ2) is 7.82. The number of nitrogens with two attached hydrogens (primary N) is 1. The zero-order valence-electron chi connectivity index (χ0n) is 16.1. The summed E-state index contributed by atoms with van der Waals surface area (Å²) in [7, 11) is 0. The van der Waals surface area contributed by atoms with Gasteiger partial charge in [-0.2, -0.15) is 10.4 Å². The van der Waals surface area contributed by atoms with Crippen LogP contribution < -0.4 is 11.1 Å². The van der Waals surface area contributed by atoms with Gasteiger partial charge in [-0.1, -0.05) is 29.3 Å². The van der Waals surface area contributed by atoms with Crippen LogP contribution >= 0.6 is 23.2 Å². The monoisotopic (exact) mass is 446 g/mol. The van der Waals surface area contributed by atoms with Crippen molar-refractivity contribution in [1.29, 1.82) is 5.26 Å². The number of hydrogen-bond donors (Lipinski definition) is 2. The summed E-state index contributed by atoms with van der Waals surface area (Å²) in [6, 6.07) is 6.91. The molecule has 0 bridgehead atoms. The predicted octanol–water partition coefficient (Wildman–Crippen LogP) is 3.32. The van der Waals surface area contributed by atoms with E-state index in [1.54, 1.807) is 27.8 Å². The molecular weight excluding hydrogens is 427 g/mol. The molecule has 2 heterocycles. The van der Waals surface area contributed by atoms with Gasteiger partial charge in [0.15, 0.2) is 0 Å². The molecule has 0 spiro atoms. The summed E-state index contributed by atoms with van der Waals surface area (Å²) in [5.41, 5.74) is 7.11. The first-order valence-electron chi connectivity index (χ1n) is 9.62. The van der Waals surface area contributed by atoms with Crippen molar-refractivity contribution in [2.24, 2.45) is 5.73 Å². The van der Waals surface area contributed by atoms with Crippen LogP contribution in [0.15, 0.2) is 18.2 Å². The third-order valence-corrected chi connectivity index (χ3v) is 6.55. The molecule has 1 aromatic carbocycles. The van der Waals surface area contributed by atoms with E-state index < -0.39 is 11.4 Å². The van der Waals surface area contributed by atoms with E-state index in [9.17, 15) is 9.59 Å². The van der Waals surface area contributed by atoms with Crippen molar-refractivity contribution in [2.45, 2.75) is 44.3 Å². The molecule has 1 aromatic heterocycles. The minimum atomic E-state index is -0.625. The molecule has 1 saturated carbocycles. The molecule has 1 aliphatic carbocycles. The van der Waals surface area contributed by atoms with E-state index in [-0.39, 0.29) is 18.1 Å². The molecule has 8 nitrogen and oxygen atoms in total. The van der Waals surface area contributed by atoms with Crippen LogP contribution in [0.4, 0.5) is 4.79 Å². The van der Waals surface area contributed by atoms with Crippen molar-refractivity contribution in [1.82, 2.24) is 20.0 Å². The smallest absolute Gasteiger partial charge is 0.318 e. The molecule has 0 unspecified atom stereocenters. The summed E-state index contributed by atoms with van der Waals surface area (Å²) in [5, 5.41) is 17.4. The van der Waals surface area contributed by atoms with Gasteiger partial charge < -0.3 is 16.0 Å². The average Bonchev–Trinajstić information content (AvgIpc) is 3.07. The molecule has 1 fully saturated rings. The van der Waals surface area contributed by atoms with Gasteiger partial charge in [-0.15, -0.1) is 0 Å². The standard InChI is InChI=1S/C20H20Cl2N6O2/c21-13-3-2-12(10-14(13)22)17-16(18(24)29)15-11-27(8-9-28(15)26-17)19(30)25-20(6-7-23)4-1-5-20/h2-3,10H,1,4-6,8-9,11H2,(H2,24,29)(H,25,30). The molecule has 3 N–H and O–H groups in total. The van der Waals surface area contributed by atoms with Crippen LogP contribution in [-0.2, 0) is 13.1 Å². The lowest BCUT2D eigenvalue weighted by atomic mass is 9.75. The first-order chi connectivity index (χ1) is 14.3. The molecule has 1 aliphatic heterocycles. The fourth-order valence-electron chi connectivity index (χ4n) is 4.00. The fraction of sp³-hybridized carbons (Fsp3) is 0.400. The molecule has 156 valence electrons. The lowest BCUT2D eigenvalue weighted by Gasteiger charge is -2.42. The summed E-state index contributed by atoms with van der Waals surface area (Å²) >= 11 is 12.1. The lowest BCUT2D eigenvalue weighted by Crippen LogP contribution is -2.57. The van der Waals surface area contributed by atoms with Crippen molar-refractivity contribution < 1.29 is 9.59 Å². The summed E-state index contributed by atoms with van der Waals surface area (Å²) in [6.07, 6.45) is 2.88. The molecule has 0 radical (unpaired) electrons. The van der Waals surface area contributed by atoms with Gasteiger partial charge in [-0.3, -0.25) is 9.48 Å². The van der Waals surface area contributed by atoms with Crippen molar-refractivity contribution in [2.75, 3.05) is 6.54 Å². The van der Waals surface area contributed by atoms with Gasteiger partial charge in [-0.25, -0.2) is 4.79 Å². The molecule has 2 aliphatic rings. The highest BCUT2D eigenvalue weighted by atomic mass is 35.5. The van der Waals surface area contributed by atoms with Crippen molar-refractivity contribution in [3.05, 3.63) is 39.5 Å². The van der Waals surface area contributed by atoms with Crippen LogP contribution in [0.3, 0.4) is 0 Å². The van der Waals surface area contributed by atoms with E-state index in [0.29, 0.717) is 46.5 Å². The maximum atomic E-state index is 12.9. The Morgan fingerprint density at radius 2 is 2.03 bits per heavy atom. The van der Waals surface area contributed by atoms with E-state index in [0.717, 1.165) is 19.3 Å². The summed E-state index contributed by atoms with van der Waals surface area (Å²) < 4.78 is 1.70. The zero-order valence-corrected chi connectivity index (χ0v) is 17.6. The fourth-order valence-corrected chi connectivity index (χ4v) is 4.30. The van der Waals surface area contributed by atoms with Crippen LogP contribution in [0, 0.1) is 11.3 Å². The molecule has 10 heteroatoms. The highest BCUT2D eigenvalue weighted by Crippen LogP contribution is 2.35. The van der Waals surface area contributed by atoms with E-state index in [2.05, 4.69) is 16.5 Å². The number of rotatable bonds is 4. The molecule has 4 rings (SSSR count). The summed E-state index contributed by atoms with van der Waals surface area (Å²) in [4.78, 5) is 26.8. The number of nitriles is 1. The Hall–Kier alpha value is -2.76. The van der Waals surface area contributed by atoms with Gasteiger partial charge in [0.2, 0.25) is 0 Å². The van der Waals surface area contributed by atoms with Crippen LogP contribution in [0.5, 0.6) is 0 Å². The third kappa shape index (κ3) is 3.59. The number of nitrogens with zero attached hydrogens (tertiary/aromatic N) is 4. The van der Waals surface area contributed by atoms with E-state index in [1.165, 1.54) is 0 Å². The number of fused-ring (bicyclic) bond motifs is 1. The van der Waals surface area contributed by atoms with Gasteiger partial charge in [0.25, 0.3) is 5.91 Å². The maximum absolute atomic E-state index is 12.9. The second-order valence-corrected chi connectivity index (χ2v) is 8.52. The molecular formula is C20H20Cl2N6O2. The number of primary amides is 1. The number of carbonyl (C=O) groups excluding carboxylic acids is 2. The van der Waals surface area contributed by atoms with Crippen molar-refractivity contribution in [3.8, 4) is 17.3 Å². The summed E-state index contributed by atoms with van der Waals surface area (Å²) in [5.74, 6) is -0.625. The Kier molecular flexibility index (Phi) is 5.35. The van der Waals surface area contributed by atoms with Crippen LogP contribution in [-0.4, -0.2) is 38.7 Å². The minimum absolute atomic E-state index is 0.195. The SMILES string of the molecule is N#CCC1(NC(=O)N2CCn3nc(-c4ccc(Cl)c(Cl)c4)c(C(N)=O)c3C2)CCC1. The Morgan fingerprint density at radius 1 is 1.27 bits per heavy atom. The number of carbonyl (C=O) groups is 2. The number of urea groups is 1. The zero-order chi connectivity index (χ0) is 21.5. The molecule has 2 aromatic rings. The Labute approximate surface area is 183 Å². The van der Waals surface area contributed by atoms with E-state index >= 15 is 0 Å². The average molecular weight is 447 g/mol. The largest absolute Gasteiger partial charge is 0.365 e. The van der Waals surface area contributed by atoms with Crippen molar-refractivity contribution >= 4 is 35.1 Å². The Morgan fingerprint density at radius 3 is 2.63 bits per heavy atom. The second-order valence-electron chi connectivity index (χ2n) is 7.71. The first kappa shape index (κ1) is 20.5. The number of amides is 3. The highest BCUT2D eigenvalue weighted by molar-refractivity contribution is 6.42. The minimum Gasteiger partial charge on any atom is -0.365 e. The van der Waals surface area contributed by atoms with Gasteiger partial charge in [0.1, 0.15) is 5.69 Å². The molecule has 0 saturated heterocycles. The van der Waals surface area contributed by atoms with Crippen molar-refractivity contribution in [3.63, 3.8) is 0 Å². The number of aromatic nitrogens is 2. The number of halogens is 2. The number of nitrogens with one attached hydrogen (secondary N) is 1. The van der Waals surface area contributed by atoms with Crippen LogP contribution in [0.25, 0.3) is 11.3 Å². The van der Waals surface area contributed by atoms with Gasteiger partial charge >= 0.3 is 6.03 Å². The molecule has 3 amide bonds. The molecule has 30 heavy (non-hydrogen) atoms. The van der Waals surface area contributed by atoms with E-state index in [1.807, 2.05) is 0 Å². The third-order valence-electron chi connectivity index (χ3n) is 5.81. The summed E-state index contributed by atoms with van der Waals surface area (Å²) in [6.45, 7) is 1.05. The normalized spacial score (nSPS) is 16.9. The Balaban J connectivity index is 1.62.